The van der Waals surface area contributed by atoms with E-state index in [0.717, 1.165) is 72.7 Å². The molecule has 0 aliphatic carbocycles. The second kappa shape index (κ2) is 32.8. The Morgan fingerprint density at radius 3 is 1.76 bits per heavy atom. The zero-order chi connectivity index (χ0) is 69.7. The highest BCUT2D eigenvalue weighted by molar-refractivity contribution is 6.75. The zero-order valence-electron chi connectivity index (χ0n) is 63.2. The van der Waals surface area contributed by atoms with Crippen LogP contribution in [0.4, 0.5) is 0 Å². The molecule has 6 bridgehead atoms. The van der Waals surface area contributed by atoms with Crippen LogP contribution >= 0.6 is 0 Å². The number of carbonyl (C=O) groups is 1. The van der Waals surface area contributed by atoms with Crippen LogP contribution in [0.25, 0.3) is 0 Å². The molecule has 7 heterocycles. The van der Waals surface area contributed by atoms with Crippen molar-refractivity contribution in [2.45, 2.75) is 377 Å². The van der Waals surface area contributed by atoms with Crippen LogP contribution in [0, 0.1) is 17.8 Å². The molecule has 0 spiro atoms. The first kappa shape index (κ1) is 79.5. The van der Waals surface area contributed by atoms with Crippen molar-refractivity contribution >= 4 is 39.2 Å². The van der Waals surface area contributed by atoms with E-state index < -0.39 is 94.3 Å². The fourth-order valence-corrected chi connectivity index (χ4v) is 21.1. The number of rotatable bonds is 17. The summed E-state index contributed by atoms with van der Waals surface area (Å²) in [5.41, 5.74) is 3.05. The molecule has 20 atom stereocenters. The van der Waals surface area contributed by atoms with Gasteiger partial charge in [-0.25, -0.2) is 0 Å². The highest BCUT2D eigenvalue weighted by Gasteiger charge is 2.59. The van der Waals surface area contributed by atoms with Gasteiger partial charge >= 0.3 is 5.97 Å². The minimum Gasteiger partial charge on any atom is -0.497 e. The lowest BCUT2D eigenvalue weighted by atomic mass is 9.78. The maximum absolute atomic E-state index is 15.3. The number of aliphatic hydroxyl groups excluding tert-OH is 1. The number of methoxy groups -OCH3 is 1. The average Bonchev–Trinajstić information content (AvgIpc) is 0.842. The molecule has 1 N–H and O–H groups in total. The highest BCUT2D eigenvalue weighted by Crippen LogP contribution is 2.49. The van der Waals surface area contributed by atoms with Gasteiger partial charge in [-0.15, -0.1) is 0 Å². The second-order valence-corrected chi connectivity index (χ2v) is 53.1. The maximum atomic E-state index is 15.3. The highest BCUT2D eigenvalue weighted by atomic mass is 28.4. The van der Waals surface area contributed by atoms with Gasteiger partial charge in [0.25, 0.3) is 0 Å². The predicted octanol–water partition coefficient (Wildman–Crippen LogP) is 17.9. The van der Waals surface area contributed by atoms with Gasteiger partial charge in [-0.2, -0.15) is 0 Å². The van der Waals surface area contributed by atoms with E-state index in [1.807, 2.05) is 12.1 Å². The minimum absolute atomic E-state index is 0.0462. The van der Waals surface area contributed by atoms with E-state index >= 15 is 4.79 Å². The molecule has 5 saturated heterocycles. The molecule has 0 amide bonds. The molecule has 18 heteroatoms. The van der Waals surface area contributed by atoms with Crippen molar-refractivity contribution in [1.29, 1.82) is 0 Å². The van der Waals surface area contributed by atoms with Crippen LogP contribution in [0.2, 0.25) is 72.5 Å². The number of hydrogen-bond donors (Lipinski definition) is 1. The van der Waals surface area contributed by atoms with Crippen molar-refractivity contribution in [2.75, 3.05) is 7.11 Å². The minimum atomic E-state index is -2.64. The molecule has 94 heavy (non-hydrogen) atoms. The van der Waals surface area contributed by atoms with Crippen LogP contribution < -0.4 is 4.74 Å². The van der Waals surface area contributed by atoms with Crippen molar-refractivity contribution in [3.05, 3.63) is 66.3 Å². The van der Waals surface area contributed by atoms with Gasteiger partial charge in [0.05, 0.1) is 93.4 Å². The summed E-state index contributed by atoms with van der Waals surface area (Å²) < 4.78 is 87.1. The lowest BCUT2D eigenvalue weighted by molar-refractivity contribution is -0.270. The largest absolute Gasteiger partial charge is 0.497 e. The molecule has 1 aromatic carbocycles. The van der Waals surface area contributed by atoms with Crippen molar-refractivity contribution in [2.24, 2.45) is 17.8 Å². The summed E-state index contributed by atoms with van der Waals surface area (Å²) in [6.07, 6.45) is 6.08. The Morgan fingerprint density at radius 1 is 0.596 bits per heavy atom. The van der Waals surface area contributed by atoms with Crippen molar-refractivity contribution in [3.63, 3.8) is 0 Å². The van der Waals surface area contributed by atoms with Gasteiger partial charge in [-0.3, -0.25) is 4.79 Å². The van der Waals surface area contributed by atoms with E-state index in [-0.39, 0.29) is 82.1 Å². The Labute approximate surface area is 575 Å². The van der Waals surface area contributed by atoms with Gasteiger partial charge in [-0.05, 0) is 177 Å². The van der Waals surface area contributed by atoms with Crippen LogP contribution in [0.5, 0.6) is 5.75 Å². The molecule has 0 radical (unpaired) electrons. The lowest BCUT2D eigenvalue weighted by Gasteiger charge is -2.56. The van der Waals surface area contributed by atoms with E-state index in [2.05, 4.69) is 181 Å². The van der Waals surface area contributed by atoms with Crippen LogP contribution in [-0.4, -0.2) is 155 Å². The first-order valence-electron chi connectivity index (χ1n) is 36.9. The summed E-state index contributed by atoms with van der Waals surface area (Å²) in [4.78, 5) is 15.3. The van der Waals surface area contributed by atoms with E-state index in [1.165, 1.54) is 0 Å². The number of aliphatic hydroxyl groups is 1. The Kier molecular flexibility index (Phi) is 27.8. The SMILES string of the molecule is C=C1C(O[Si](CC)(CC)CC)C[C@@H]2OC3C[C@@H](C)[C@@H](CCC)O[C@H]3[C@H](C)[C@H]2OC(=O)CC2CC[C@@H]3O[C@H]([C@@H](O[Si](C)(C)C(C)(C)C)[C@@H](O[Si](C)(C)C(C)(C)C)[C@H]3O2)[C@@H](O[Si](C)(C)C(C)(C)C)/C=C/C(OCc2ccc(OC)cc2)CCC2CC(=C)[C@H](CC[C@@H](O)C[C@H]1C)O2. The molecule has 7 aliphatic rings. The third-order valence-electron chi connectivity index (χ3n) is 24.2. The Bertz CT molecular complexity index is 2600. The second-order valence-electron chi connectivity index (χ2n) is 34.1. The molecule has 538 valence electrons. The van der Waals surface area contributed by atoms with Crippen LogP contribution in [-0.2, 0) is 62.3 Å². The molecule has 5 fully saturated rings. The van der Waals surface area contributed by atoms with Gasteiger partial charge in [0.1, 0.15) is 36.3 Å². The fraction of sp³-hybridized carbons (Fsp3) is 0.829. The van der Waals surface area contributed by atoms with E-state index in [1.54, 1.807) is 7.11 Å². The van der Waals surface area contributed by atoms with Crippen LogP contribution in [0.3, 0.4) is 0 Å². The zero-order valence-corrected chi connectivity index (χ0v) is 67.2. The number of ether oxygens (including phenoxy) is 8. The number of fused-ring (bicyclic) bond motifs is 16. The van der Waals surface area contributed by atoms with Crippen molar-refractivity contribution in [3.8, 4) is 5.75 Å². The molecular formula is C76H134O14Si4. The Morgan fingerprint density at radius 2 is 1.17 bits per heavy atom. The standard InChI is InChI=1S/C76H134O14Si4/c1-26-30-60-51(7)45-65-68(84-60)53(9)69-66(83-65)47-64(88-94(27-2,28-3)29-4)52(8)49(5)43-55(77)33-40-61-50(6)44-58(81-61)37-36-57(80-48-54-31-34-56(79-19)35-32-54)38-42-63(87-91(20,21)74(10,11)12)71-73(90-93(24,25)76(16,17)18)72(89-92(22,23)75(13,14)15)70-62(85-71)41-39-59(82-70)46-67(78)86-69/h31-32,34-35,38,42,49,51,53,55,57-66,68-73,77H,6,8,26-30,33,36-37,39-41,43-48H2,1-5,7,9-25H3/b42-38+/t49-,51-,53+,55-,57?,58?,59?,60-,61+,62+,63+,64?,65?,66+,68+,69-,70+,71+,72+,73-/m1/s1. The summed E-state index contributed by atoms with van der Waals surface area (Å²) in [6, 6.07) is 10.9. The summed E-state index contributed by atoms with van der Waals surface area (Å²) in [5, 5.41) is 11.5. The quantitative estimate of drug-likeness (QED) is 0.0896. The van der Waals surface area contributed by atoms with Gasteiger partial charge in [-0.1, -0.05) is 155 Å². The van der Waals surface area contributed by atoms with Gasteiger partial charge in [0.2, 0.25) is 0 Å². The number of benzene rings is 1. The van der Waals surface area contributed by atoms with Crippen molar-refractivity contribution in [1.82, 2.24) is 0 Å². The van der Waals surface area contributed by atoms with Gasteiger partial charge in [0.15, 0.2) is 33.3 Å². The molecule has 0 saturated carbocycles. The Balaban J connectivity index is 1.35. The molecule has 0 aromatic heterocycles. The first-order chi connectivity index (χ1) is 43.8. The summed E-state index contributed by atoms with van der Waals surface area (Å²) in [6.45, 7) is 60.0. The van der Waals surface area contributed by atoms with Crippen molar-refractivity contribution < 1.29 is 65.5 Å². The van der Waals surface area contributed by atoms with Gasteiger partial charge in [0, 0.05) is 12.3 Å². The summed E-state index contributed by atoms with van der Waals surface area (Å²) >= 11 is 0. The van der Waals surface area contributed by atoms with Crippen LogP contribution in [0.15, 0.2) is 60.7 Å². The van der Waals surface area contributed by atoms with E-state index in [9.17, 15) is 5.11 Å². The number of carbonyl (C=O) groups excluding carboxylic acids is 1. The lowest BCUT2D eigenvalue weighted by Crippen LogP contribution is -2.69. The predicted molar refractivity (Wildman–Crippen MR) is 390 cm³/mol. The summed E-state index contributed by atoms with van der Waals surface area (Å²) in [5.74, 6) is 0.520. The maximum Gasteiger partial charge on any atom is 0.308 e. The first-order valence-corrected chi connectivity index (χ1v) is 48.2. The molecular weight excluding hydrogens is 1250 g/mol. The van der Waals surface area contributed by atoms with Crippen LogP contribution in [0.1, 0.15) is 200 Å². The normalized spacial score (nSPS) is 35.7. The fourth-order valence-electron chi connectivity index (χ4n) is 14.4. The monoisotopic (exact) mass is 1380 g/mol. The topological polar surface area (TPSA) is 148 Å². The molecule has 7 aliphatic heterocycles. The third kappa shape index (κ3) is 19.8. The average molecular weight is 1380 g/mol. The smallest absolute Gasteiger partial charge is 0.308 e. The third-order valence-corrected chi connectivity index (χ3v) is 42.2. The van der Waals surface area contributed by atoms with Gasteiger partial charge < -0.3 is 60.7 Å². The van der Waals surface area contributed by atoms with E-state index in [4.69, 9.17) is 62.2 Å². The Hall–Kier alpha value is -1.86. The van der Waals surface area contributed by atoms with E-state index in [0.29, 0.717) is 57.5 Å². The molecule has 14 nitrogen and oxygen atoms in total. The summed E-state index contributed by atoms with van der Waals surface area (Å²) in [7, 11) is -8.41. The molecule has 5 unspecified atom stereocenters. The molecule has 8 rings (SSSR count). The number of hydrogen-bond acceptors (Lipinski definition) is 14. The number of esters is 1. The molecule has 1 aromatic rings.